The fraction of sp³-hybridized carbons (Fsp3) is 0.222. The number of carboxylic acids is 1. The predicted molar refractivity (Wildman–Crippen MR) is 54.0 cm³/mol. The molecule has 1 N–H and O–H groups in total. The second kappa shape index (κ2) is 3.86. The number of carbonyl (C=O) groups is 1. The van der Waals surface area contributed by atoms with E-state index in [1.54, 1.807) is 18.2 Å². The molecule has 0 aromatic carbocycles. The molecule has 0 bridgehead atoms. The molecule has 0 spiro atoms. The van der Waals surface area contributed by atoms with E-state index in [9.17, 15) is 4.79 Å². The molecule has 0 aliphatic rings. The number of rotatable bonds is 3. The van der Waals surface area contributed by atoms with E-state index in [-0.39, 0.29) is 6.42 Å². The SMILES string of the molecule is O=C(O)CCc1nc2cccc(Cl)n2n1. The Hall–Kier alpha value is -1.62. The number of pyridine rings is 1. The van der Waals surface area contributed by atoms with Crippen molar-refractivity contribution >= 4 is 23.2 Å². The average Bonchev–Trinajstić information content (AvgIpc) is 2.59. The lowest BCUT2D eigenvalue weighted by atomic mass is 10.3. The summed E-state index contributed by atoms with van der Waals surface area (Å²) in [5, 5.41) is 13.1. The molecule has 0 amide bonds. The molecule has 2 rings (SSSR count). The molecule has 2 aromatic heterocycles. The molecule has 15 heavy (non-hydrogen) atoms. The van der Waals surface area contributed by atoms with Crippen molar-refractivity contribution in [3.8, 4) is 0 Å². The minimum Gasteiger partial charge on any atom is -0.481 e. The number of halogens is 1. The summed E-state index contributed by atoms with van der Waals surface area (Å²) in [6.07, 6.45) is 0.335. The molecule has 0 fully saturated rings. The van der Waals surface area contributed by atoms with E-state index in [4.69, 9.17) is 16.7 Å². The number of aryl methyl sites for hydroxylation is 1. The Morgan fingerprint density at radius 2 is 2.33 bits per heavy atom. The van der Waals surface area contributed by atoms with Crippen LogP contribution in [-0.2, 0) is 11.2 Å². The van der Waals surface area contributed by atoms with Crippen molar-refractivity contribution in [1.82, 2.24) is 14.6 Å². The zero-order valence-electron chi connectivity index (χ0n) is 7.72. The molecule has 0 radical (unpaired) electrons. The van der Waals surface area contributed by atoms with E-state index >= 15 is 0 Å². The van der Waals surface area contributed by atoms with Gasteiger partial charge >= 0.3 is 5.97 Å². The van der Waals surface area contributed by atoms with E-state index in [1.165, 1.54) is 4.52 Å². The highest BCUT2D eigenvalue weighted by Gasteiger charge is 2.07. The van der Waals surface area contributed by atoms with E-state index < -0.39 is 5.97 Å². The van der Waals surface area contributed by atoms with Crippen molar-refractivity contribution in [2.45, 2.75) is 12.8 Å². The molecule has 0 saturated heterocycles. The van der Waals surface area contributed by atoms with Gasteiger partial charge in [-0.1, -0.05) is 17.7 Å². The second-order valence-corrected chi connectivity index (χ2v) is 3.43. The van der Waals surface area contributed by atoms with E-state index in [1.807, 2.05) is 0 Å². The van der Waals surface area contributed by atoms with E-state index in [0.29, 0.717) is 23.0 Å². The summed E-state index contributed by atoms with van der Waals surface area (Å²) >= 11 is 5.88. The molecular weight excluding hydrogens is 218 g/mol. The largest absolute Gasteiger partial charge is 0.481 e. The van der Waals surface area contributed by atoms with Crippen molar-refractivity contribution in [3.63, 3.8) is 0 Å². The summed E-state index contributed by atoms with van der Waals surface area (Å²) in [6, 6.07) is 5.24. The minimum absolute atomic E-state index is 0.0223. The molecular formula is C9H8ClN3O2. The van der Waals surface area contributed by atoms with Crippen LogP contribution in [0.3, 0.4) is 0 Å². The molecule has 0 aliphatic heterocycles. The number of hydrogen-bond acceptors (Lipinski definition) is 3. The van der Waals surface area contributed by atoms with Crippen molar-refractivity contribution in [2.24, 2.45) is 0 Å². The highest BCUT2D eigenvalue weighted by atomic mass is 35.5. The van der Waals surface area contributed by atoms with Crippen LogP contribution in [0.2, 0.25) is 5.15 Å². The number of aromatic nitrogens is 3. The van der Waals surface area contributed by atoms with Gasteiger partial charge in [0.05, 0.1) is 6.42 Å². The Bertz CT molecular complexity index is 509. The van der Waals surface area contributed by atoms with E-state index in [0.717, 1.165) is 0 Å². The molecule has 2 heterocycles. The number of aliphatic carboxylic acids is 1. The topological polar surface area (TPSA) is 67.5 Å². The molecule has 78 valence electrons. The summed E-state index contributed by atoms with van der Waals surface area (Å²) < 4.78 is 1.48. The van der Waals surface area contributed by atoms with Gasteiger partial charge in [0.1, 0.15) is 5.15 Å². The lowest BCUT2D eigenvalue weighted by Gasteiger charge is -1.91. The van der Waals surface area contributed by atoms with Crippen LogP contribution in [-0.4, -0.2) is 25.7 Å². The van der Waals surface area contributed by atoms with Crippen molar-refractivity contribution < 1.29 is 9.90 Å². The number of nitrogens with zero attached hydrogens (tertiary/aromatic N) is 3. The molecule has 0 aliphatic carbocycles. The summed E-state index contributed by atoms with van der Waals surface area (Å²) in [5.41, 5.74) is 0.628. The number of fused-ring (bicyclic) bond motifs is 1. The maximum atomic E-state index is 10.4. The zero-order valence-corrected chi connectivity index (χ0v) is 8.48. The first-order chi connectivity index (χ1) is 7.16. The molecule has 6 heteroatoms. The summed E-state index contributed by atoms with van der Waals surface area (Å²) in [7, 11) is 0. The van der Waals surface area contributed by atoms with Gasteiger partial charge < -0.3 is 5.11 Å². The van der Waals surface area contributed by atoms with Gasteiger partial charge in [0.2, 0.25) is 0 Å². The van der Waals surface area contributed by atoms with Gasteiger partial charge in [0.15, 0.2) is 11.5 Å². The summed E-state index contributed by atoms with van der Waals surface area (Å²) in [4.78, 5) is 14.5. The highest BCUT2D eigenvalue weighted by molar-refractivity contribution is 6.29. The van der Waals surface area contributed by atoms with Gasteiger partial charge in [0, 0.05) is 6.42 Å². The van der Waals surface area contributed by atoms with Crippen LogP contribution in [0.4, 0.5) is 0 Å². The average molecular weight is 226 g/mol. The Labute approximate surface area is 90.3 Å². The van der Waals surface area contributed by atoms with Gasteiger partial charge in [-0.2, -0.15) is 0 Å². The Balaban J connectivity index is 2.31. The van der Waals surface area contributed by atoms with Crippen LogP contribution in [0.15, 0.2) is 18.2 Å². The van der Waals surface area contributed by atoms with Crippen LogP contribution < -0.4 is 0 Å². The maximum absolute atomic E-state index is 10.4. The third kappa shape index (κ3) is 2.07. The van der Waals surface area contributed by atoms with Crippen molar-refractivity contribution in [2.75, 3.05) is 0 Å². The third-order valence-electron chi connectivity index (χ3n) is 1.92. The molecule has 5 nitrogen and oxygen atoms in total. The van der Waals surface area contributed by atoms with Crippen LogP contribution in [0.5, 0.6) is 0 Å². The smallest absolute Gasteiger partial charge is 0.303 e. The first-order valence-corrected chi connectivity index (χ1v) is 4.76. The van der Waals surface area contributed by atoms with Crippen LogP contribution in [0.1, 0.15) is 12.2 Å². The zero-order chi connectivity index (χ0) is 10.8. The van der Waals surface area contributed by atoms with Gasteiger partial charge in [-0.25, -0.2) is 9.50 Å². The van der Waals surface area contributed by atoms with Crippen molar-refractivity contribution in [3.05, 3.63) is 29.2 Å². The Kier molecular flexibility index (Phi) is 2.55. The lowest BCUT2D eigenvalue weighted by Crippen LogP contribution is -1.99. The Morgan fingerprint density at radius 3 is 3.00 bits per heavy atom. The standard InChI is InChI=1S/C9H8ClN3O2/c10-6-2-1-3-8-11-7(12-13(6)8)4-5-9(14)15/h1-3H,4-5H2,(H,14,15). The van der Waals surface area contributed by atoms with Crippen LogP contribution in [0, 0.1) is 0 Å². The van der Waals surface area contributed by atoms with E-state index in [2.05, 4.69) is 10.1 Å². The normalized spacial score (nSPS) is 10.7. The number of carboxylic acid groups (broad SMARTS) is 1. The van der Waals surface area contributed by atoms with Gasteiger partial charge in [0.25, 0.3) is 0 Å². The van der Waals surface area contributed by atoms with Gasteiger partial charge in [-0.3, -0.25) is 4.79 Å². The summed E-state index contributed by atoms with van der Waals surface area (Å²) in [6.45, 7) is 0. The molecule has 0 unspecified atom stereocenters. The fourth-order valence-electron chi connectivity index (χ4n) is 1.24. The maximum Gasteiger partial charge on any atom is 0.303 e. The highest BCUT2D eigenvalue weighted by Crippen LogP contribution is 2.11. The lowest BCUT2D eigenvalue weighted by molar-refractivity contribution is -0.137. The molecule has 0 atom stereocenters. The number of hydrogen-bond donors (Lipinski definition) is 1. The van der Waals surface area contributed by atoms with Gasteiger partial charge in [-0.05, 0) is 12.1 Å². The van der Waals surface area contributed by atoms with Crippen LogP contribution >= 0.6 is 11.6 Å². The quantitative estimate of drug-likeness (QED) is 0.802. The predicted octanol–water partition coefficient (Wildman–Crippen LogP) is 1.40. The summed E-state index contributed by atoms with van der Waals surface area (Å²) in [5.74, 6) is -0.370. The van der Waals surface area contributed by atoms with Gasteiger partial charge in [-0.15, -0.1) is 5.10 Å². The molecule has 0 saturated carbocycles. The monoisotopic (exact) mass is 225 g/mol. The third-order valence-corrected chi connectivity index (χ3v) is 2.21. The van der Waals surface area contributed by atoms with Crippen LogP contribution in [0.25, 0.3) is 5.65 Å². The van der Waals surface area contributed by atoms with Crippen molar-refractivity contribution in [1.29, 1.82) is 0 Å². The second-order valence-electron chi connectivity index (χ2n) is 3.04. The molecule has 2 aromatic rings. The first-order valence-electron chi connectivity index (χ1n) is 4.39. The minimum atomic E-state index is -0.861. The first kappa shape index (κ1) is 9.92. The Morgan fingerprint density at radius 1 is 1.53 bits per heavy atom. The fourth-order valence-corrected chi connectivity index (χ4v) is 1.44.